The number of hydrogen-bond acceptors (Lipinski definition) is 6. The second-order valence-corrected chi connectivity index (χ2v) is 6.53. The van der Waals surface area contributed by atoms with Gasteiger partial charge in [0.1, 0.15) is 5.82 Å². The highest BCUT2D eigenvalue weighted by Crippen LogP contribution is 2.36. The summed E-state index contributed by atoms with van der Waals surface area (Å²) in [5.41, 5.74) is -0.990. The molecule has 1 aliphatic heterocycles. The SMILES string of the molecule is CC(C)(C)Nc1nc(Nc2ccc3c(c2)OCO3)cc(C(F)(F)F)n1. The van der Waals surface area contributed by atoms with Gasteiger partial charge in [-0.3, -0.25) is 0 Å². The Hall–Kier alpha value is -2.71. The van der Waals surface area contributed by atoms with E-state index < -0.39 is 17.4 Å². The molecule has 9 heteroatoms. The number of rotatable bonds is 3. The summed E-state index contributed by atoms with van der Waals surface area (Å²) in [7, 11) is 0. The Labute approximate surface area is 142 Å². The number of ether oxygens (including phenoxy) is 2. The Balaban J connectivity index is 1.93. The van der Waals surface area contributed by atoms with Crippen LogP contribution in [0.25, 0.3) is 0 Å². The predicted octanol–water partition coefficient (Wildman–Crippen LogP) is 4.18. The molecule has 2 heterocycles. The fraction of sp³-hybridized carbons (Fsp3) is 0.375. The Morgan fingerprint density at radius 1 is 1.00 bits per heavy atom. The Morgan fingerprint density at radius 3 is 2.40 bits per heavy atom. The van der Waals surface area contributed by atoms with Gasteiger partial charge in [-0.15, -0.1) is 0 Å². The van der Waals surface area contributed by atoms with Crippen LogP contribution in [0.2, 0.25) is 0 Å². The van der Waals surface area contributed by atoms with Crippen molar-refractivity contribution in [3.05, 3.63) is 30.0 Å². The number of anilines is 3. The van der Waals surface area contributed by atoms with E-state index in [4.69, 9.17) is 9.47 Å². The average molecular weight is 354 g/mol. The summed E-state index contributed by atoms with van der Waals surface area (Å²) in [5, 5.41) is 5.70. The van der Waals surface area contributed by atoms with Crippen LogP contribution in [0.15, 0.2) is 24.3 Å². The van der Waals surface area contributed by atoms with Crippen LogP contribution in [-0.4, -0.2) is 22.3 Å². The number of fused-ring (bicyclic) bond motifs is 1. The molecular weight excluding hydrogens is 337 g/mol. The molecule has 0 amide bonds. The molecule has 25 heavy (non-hydrogen) atoms. The van der Waals surface area contributed by atoms with E-state index >= 15 is 0 Å². The maximum Gasteiger partial charge on any atom is 0.433 e. The number of hydrogen-bond donors (Lipinski definition) is 2. The van der Waals surface area contributed by atoms with Crippen molar-refractivity contribution in [3.63, 3.8) is 0 Å². The van der Waals surface area contributed by atoms with E-state index in [1.165, 1.54) is 0 Å². The van der Waals surface area contributed by atoms with Crippen LogP contribution in [0.5, 0.6) is 11.5 Å². The Morgan fingerprint density at radius 2 is 1.72 bits per heavy atom. The van der Waals surface area contributed by atoms with Crippen LogP contribution in [0.3, 0.4) is 0 Å². The lowest BCUT2D eigenvalue weighted by atomic mass is 10.1. The van der Waals surface area contributed by atoms with Gasteiger partial charge < -0.3 is 20.1 Å². The molecule has 6 nitrogen and oxygen atoms in total. The molecule has 0 atom stereocenters. The lowest BCUT2D eigenvalue weighted by molar-refractivity contribution is -0.141. The van der Waals surface area contributed by atoms with Crippen molar-refractivity contribution < 1.29 is 22.6 Å². The van der Waals surface area contributed by atoms with E-state index in [0.29, 0.717) is 17.2 Å². The van der Waals surface area contributed by atoms with Crippen molar-refractivity contribution in [1.82, 2.24) is 9.97 Å². The number of benzene rings is 1. The molecule has 0 bridgehead atoms. The molecule has 0 radical (unpaired) electrons. The summed E-state index contributed by atoms with van der Waals surface area (Å²) in [6, 6.07) is 5.83. The highest BCUT2D eigenvalue weighted by Gasteiger charge is 2.34. The van der Waals surface area contributed by atoms with E-state index in [1.807, 2.05) is 20.8 Å². The van der Waals surface area contributed by atoms with Gasteiger partial charge >= 0.3 is 6.18 Å². The molecule has 0 saturated heterocycles. The minimum absolute atomic E-state index is 0.0212. The first-order valence-electron chi connectivity index (χ1n) is 7.51. The number of alkyl halides is 3. The standard InChI is InChI=1S/C16H17F3N4O2/c1-15(2,3)23-14-21-12(16(17,18)19)7-13(22-14)20-9-4-5-10-11(6-9)25-8-24-10/h4-7H,8H2,1-3H3,(H2,20,21,22,23). The molecule has 0 aliphatic carbocycles. The molecule has 134 valence electrons. The summed E-state index contributed by atoms with van der Waals surface area (Å²) in [5.74, 6) is 1.01. The number of nitrogens with one attached hydrogen (secondary N) is 2. The third-order valence-corrected chi connectivity index (χ3v) is 3.15. The first kappa shape index (κ1) is 17.1. The fourth-order valence-corrected chi connectivity index (χ4v) is 2.17. The molecule has 1 aromatic heterocycles. The topological polar surface area (TPSA) is 68.3 Å². The predicted molar refractivity (Wildman–Crippen MR) is 86.3 cm³/mol. The van der Waals surface area contributed by atoms with Crippen molar-refractivity contribution in [1.29, 1.82) is 0 Å². The van der Waals surface area contributed by atoms with Gasteiger partial charge in [0.15, 0.2) is 17.2 Å². The molecule has 1 aliphatic rings. The molecule has 1 aromatic carbocycles. The maximum atomic E-state index is 13.1. The van der Waals surface area contributed by atoms with Gasteiger partial charge in [-0.1, -0.05) is 0 Å². The second kappa shape index (κ2) is 5.98. The molecular formula is C16H17F3N4O2. The van der Waals surface area contributed by atoms with E-state index in [-0.39, 0.29) is 18.6 Å². The van der Waals surface area contributed by atoms with Crippen LogP contribution in [-0.2, 0) is 6.18 Å². The van der Waals surface area contributed by atoms with Gasteiger partial charge in [0.05, 0.1) is 0 Å². The van der Waals surface area contributed by atoms with Crippen molar-refractivity contribution in [2.75, 3.05) is 17.4 Å². The number of aromatic nitrogens is 2. The van der Waals surface area contributed by atoms with Crippen LogP contribution >= 0.6 is 0 Å². The normalized spacial score (nSPS) is 13.7. The summed E-state index contributed by atoms with van der Waals surface area (Å²) < 4.78 is 49.8. The van der Waals surface area contributed by atoms with Crippen LogP contribution in [0.4, 0.5) is 30.6 Å². The summed E-state index contributed by atoms with van der Waals surface area (Å²) in [6.45, 7) is 5.54. The van der Waals surface area contributed by atoms with Crippen LogP contribution in [0, 0.1) is 0 Å². The fourth-order valence-electron chi connectivity index (χ4n) is 2.17. The van der Waals surface area contributed by atoms with Gasteiger partial charge in [-0.25, -0.2) is 4.98 Å². The van der Waals surface area contributed by atoms with Crippen LogP contribution < -0.4 is 20.1 Å². The first-order chi connectivity index (χ1) is 11.6. The van der Waals surface area contributed by atoms with Gasteiger partial charge in [-0.05, 0) is 32.9 Å². The van der Waals surface area contributed by atoms with E-state index in [0.717, 1.165) is 6.07 Å². The molecule has 3 rings (SSSR count). The van der Waals surface area contributed by atoms with Crippen LogP contribution in [0.1, 0.15) is 26.5 Å². The van der Waals surface area contributed by atoms with Gasteiger partial charge in [-0.2, -0.15) is 18.2 Å². The smallest absolute Gasteiger partial charge is 0.433 e. The third kappa shape index (κ3) is 4.23. The molecule has 0 saturated carbocycles. The molecule has 0 unspecified atom stereocenters. The lowest BCUT2D eigenvalue weighted by Crippen LogP contribution is -2.28. The minimum Gasteiger partial charge on any atom is -0.454 e. The third-order valence-electron chi connectivity index (χ3n) is 3.15. The van der Waals surface area contributed by atoms with Gasteiger partial charge in [0, 0.05) is 23.4 Å². The first-order valence-corrected chi connectivity index (χ1v) is 7.51. The molecule has 2 aromatic rings. The Kier molecular flexibility index (Phi) is 4.09. The number of nitrogens with zero attached hydrogens (tertiary/aromatic N) is 2. The van der Waals surface area contributed by atoms with Crippen molar-refractivity contribution in [2.45, 2.75) is 32.5 Å². The largest absolute Gasteiger partial charge is 0.454 e. The summed E-state index contributed by atoms with van der Waals surface area (Å²) >= 11 is 0. The highest BCUT2D eigenvalue weighted by molar-refractivity contribution is 5.62. The van der Waals surface area contributed by atoms with Gasteiger partial charge in [0.2, 0.25) is 12.7 Å². The van der Waals surface area contributed by atoms with E-state index in [9.17, 15) is 13.2 Å². The zero-order valence-corrected chi connectivity index (χ0v) is 13.9. The summed E-state index contributed by atoms with van der Waals surface area (Å²) in [6.07, 6.45) is -4.58. The number of halogens is 3. The van der Waals surface area contributed by atoms with Crippen molar-refractivity contribution in [2.24, 2.45) is 0 Å². The van der Waals surface area contributed by atoms with E-state index in [2.05, 4.69) is 20.6 Å². The van der Waals surface area contributed by atoms with Crippen molar-refractivity contribution >= 4 is 17.5 Å². The zero-order valence-electron chi connectivity index (χ0n) is 13.9. The highest BCUT2D eigenvalue weighted by atomic mass is 19.4. The quantitative estimate of drug-likeness (QED) is 0.862. The van der Waals surface area contributed by atoms with Crippen molar-refractivity contribution in [3.8, 4) is 11.5 Å². The van der Waals surface area contributed by atoms with E-state index in [1.54, 1.807) is 18.2 Å². The zero-order chi connectivity index (χ0) is 18.2. The van der Waals surface area contributed by atoms with Gasteiger partial charge in [0.25, 0.3) is 0 Å². The molecule has 0 fully saturated rings. The minimum atomic E-state index is -4.58. The average Bonchev–Trinajstić information content (AvgIpc) is 2.91. The maximum absolute atomic E-state index is 13.1. The molecule has 0 spiro atoms. The second-order valence-electron chi connectivity index (χ2n) is 6.53. The summed E-state index contributed by atoms with van der Waals surface area (Å²) in [4.78, 5) is 7.67. The Bertz CT molecular complexity index is 788. The lowest BCUT2D eigenvalue weighted by Gasteiger charge is -2.21. The molecule has 2 N–H and O–H groups in total. The monoisotopic (exact) mass is 354 g/mol.